The monoisotopic (exact) mass is 762 g/mol. The molecule has 54 heavy (non-hydrogen) atoms. The van der Waals surface area contributed by atoms with Crippen molar-refractivity contribution >= 4 is 17.9 Å². The molecule has 0 aliphatic carbocycles. The van der Waals surface area contributed by atoms with Gasteiger partial charge in [-0.3, -0.25) is 9.59 Å². The summed E-state index contributed by atoms with van der Waals surface area (Å²) in [6, 6.07) is -0.731. The first-order valence-electron chi connectivity index (χ1n) is 22.0. The largest absolute Gasteiger partial charge is 0.544 e. The van der Waals surface area contributed by atoms with Gasteiger partial charge in [0, 0.05) is 19.3 Å². The van der Waals surface area contributed by atoms with Crippen molar-refractivity contribution in [2.75, 3.05) is 41.0 Å². The third-order valence-electron chi connectivity index (χ3n) is 9.78. The molecule has 0 aromatic heterocycles. The molecular formula is C46H83NO7. The highest BCUT2D eigenvalue weighted by Crippen LogP contribution is 2.13. The lowest BCUT2D eigenvalue weighted by Crippen LogP contribution is -2.55. The summed E-state index contributed by atoms with van der Waals surface area (Å²) >= 11 is 0. The molecule has 314 valence electrons. The van der Waals surface area contributed by atoms with Gasteiger partial charge in [-0.2, -0.15) is 0 Å². The predicted molar refractivity (Wildman–Crippen MR) is 222 cm³/mol. The fraction of sp³-hybridized carbons (Fsp3) is 0.804. The third-order valence-corrected chi connectivity index (χ3v) is 9.78. The van der Waals surface area contributed by atoms with Crippen LogP contribution in [0.4, 0.5) is 0 Å². The molecule has 0 heterocycles. The first-order valence-corrected chi connectivity index (χ1v) is 22.0. The van der Waals surface area contributed by atoms with Crippen molar-refractivity contribution in [3.05, 3.63) is 36.5 Å². The molecule has 0 aliphatic heterocycles. The second-order valence-electron chi connectivity index (χ2n) is 16.0. The number of rotatable bonds is 39. The smallest absolute Gasteiger partial charge is 0.306 e. The molecule has 2 unspecified atom stereocenters. The van der Waals surface area contributed by atoms with Crippen molar-refractivity contribution < 1.29 is 38.2 Å². The molecule has 0 amide bonds. The van der Waals surface area contributed by atoms with Gasteiger partial charge >= 0.3 is 11.9 Å². The number of allylic oxidation sites excluding steroid dienone is 6. The Balaban J connectivity index is 4.42. The van der Waals surface area contributed by atoms with Crippen LogP contribution in [0.2, 0.25) is 0 Å². The van der Waals surface area contributed by atoms with E-state index >= 15 is 0 Å². The summed E-state index contributed by atoms with van der Waals surface area (Å²) in [7, 11) is 5.39. The summed E-state index contributed by atoms with van der Waals surface area (Å²) in [4.78, 5) is 36.8. The van der Waals surface area contributed by atoms with Gasteiger partial charge in [-0.15, -0.1) is 0 Å². The SMILES string of the molecule is CCCCCCCCC/C=C/C=C/CCCCCC(=O)OCC(COCCC(C(=O)[O-])[N+](C)(C)C)OC(=O)CCCCC/C=C/CCCCCCCCC. The minimum Gasteiger partial charge on any atom is -0.544 e. The number of hydrogen-bond acceptors (Lipinski definition) is 7. The normalized spacial score (nSPS) is 13.3. The highest BCUT2D eigenvalue weighted by molar-refractivity contribution is 5.70. The molecule has 0 aliphatic rings. The Morgan fingerprint density at radius 1 is 0.556 bits per heavy atom. The van der Waals surface area contributed by atoms with Crippen molar-refractivity contribution in [3.8, 4) is 0 Å². The van der Waals surface area contributed by atoms with Gasteiger partial charge in [-0.25, -0.2) is 0 Å². The number of carboxylic acids is 1. The van der Waals surface area contributed by atoms with Crippen LogP contribution in [0.25, 0.3) is 0 Å². The molecule has 0 aromatic rings. The molecule has 0 radical (unpaired) electrons. The minimum atomic E-state index is -1.13. The lowest BCUT2D eigenvalue weighted by atomic mass is 10.1. The lowest BCUT2D eigenvalue weighted by molar-refractivity contribution is -0.889. The van der Waals surface area contributed by atoms with Crippen molar-refractivity contribution in [2.45, 2.75) is 199 Å². The number of carbonyl (C=O) groups is 3. The molecule has 0 fully saturated rings. The van der Waals surface area contributed by atoms with Crippen molar-refractivity contribution in [1.82, 2.24) is 0 Å². The maximum absolute atomic E-state index is 12.7. The number of hydrogen-bond donors (Lipinski definition) is 0. The van der Waals surface area contributed by atoms with Crippen LogP contribution < -0.4 is 5.11 Å². The quantitative estimate of drug-likeness (QED) is 0.0202. The number of carboxylic acid groups (broad SMARTS) is 1. The van der Waals surface area contributed by atoms with Gasteiger partial charge in [-0.05, 0) is 64.2 Å². The molecule has 2 atom stereocenters. The van der Waals surface area contributed by atoms with E-state index in [2.05, 4.69) is 50.3 Å². The Labute approximate surface area is 332 Å². The Kier molecular flexibility index (Phi) is 35.8. The maximum Gasteiger partial charge on any atom is 0.306 e. The average molecular weight is 762 g/mol. The third kappa shape index (κ3) is 35.3. The van der Waals surface area contributed by atoms with E-state index in [-0.39, 0.29) is 42.7 Å². The molecular weight excluding hydrogens is 679 g/mol. The first-order chi connectivity index (χ1) is 26.1. The second kappa shape index (κ2) is 37.5. The van der Waals surface area contributed by atoms with Gasteiger partial charge < -0.3 is 28.6 Å². The summed E-state index contributed by atoms with van der Waals surface area (Å²) in [5, 5.41) is 11.6. The van der Waals surface area contributed by atoms with Gasteiger partial charge in [0.05, 0.1) is 40.3 Å². The summed E-state index contributed by atoms with van der Waals surface area (Å²) in [5.74, 6) is -1.79. The van der Waals surface area contributed by atoms with Gasteiger partial charge in [0.25, 0.3) is 0 Å². The van der Waals surface area contributed by atoms with E-state index in [1.165, 1.54) is 89.9 Å². The van der Waals surface area contributed by atoms with E-state index in [0.717, 1.165) is 64.2 Å². The predicted octanol–water partition coefficient (Wildman–Crippen LogP) is 10.5. The second-order valence-corrected chi connectivity index (χ2v) is 16.0. The zero-order valence-electron chi connectivity index (χ0n) is 35.6. The van der Waals surface area contributed by atoms with Crippen LogP contribution >= 0.6 is 0 Å². The van der Waals surface area contributed by atoms with Crippen LogP contribution in [0.3, 0.4) is 0 Å². The molecule has 0 N–H and O–H groups in total. The molecule has 0 saturated heterocycles. The Hall–Kier alpha value is -2.45. The van der Waals surface area contributed by atoms with E-state index in [1.54, 1.807) is 21.1 Å². The van der Waals surface area contributed by atoms with Gasteiger partial charge in [0.1, 0.15) is 12.6 Å². The Morgan fingerprint density at radius 3 is 1.44 bits per heavy atom. The van der Waals surface area contributed by atoms with Crippen molar-refractivity contribution in [1.29, 1.82) is 0 Å². The molecule has 0 aromatic carbocycles. The number of carbonyl (C=O) groups excluding carboxylic acids is 3. The average Bonchev–Trinajstić information content (AvgIpc) is 3.12. The lowest BCUT2D eigenvalue weighted by Gasteiger charge is -2.34. The molecule has 0 spiro atoms. The highest BCUT2D eigenvalue weighted by atomic mass is 16.6. The number of likely N-dealkylation sites (N-methyl/N-ethyl adjacent to an activating group) is 1. The summed E-state index contributed by atoms with van der Waals surface area (Å²) < 4.78 is 17.1. The Bertz CT molecular complexity index is 984. The summed E-state index contributed by atoms with van der Waals surface area (Å²) in [6.07, 6.45) is 41.7. The van der Waals surface area contributed by atoms with E-state index < -0.39 is 18.1 Å². The van der Waals surface area contributed by atoms with Crippen LogP contribution in [0, 0.1) is 0 Å². The number of ether oxygens (including phenoxy) is 3. The van der Waals surface area contributed by atoms with Crippen LogP contribution in [0.1, 0.15) is 187 Å². The zero-order chi connectivity index (χ0) is 40.0. The molecule has 0 bridgehead atoms. The maximum atomic E-state index is 12.7. The molecule has 0 rings (SSSR count). The number of quaternary nitrogens is 1. The van der Waals surface area contributed by atoms with Crippen LogP contribution in [-0.4, -0.2) is 75.5 Å². The first kappa shape index (κ1) is 51.5. The number of nitrogens with zero attached hydrogens (tertiary/aromatic N) is 1. The van der Waals surface area contributed by atoms with Crippen molar-refractivity contribution in [3.63, 3.8) is 0 Å². The zero-order valence-corrected chi connectivity index (χ0v) is 35.6. The highest BCUT2D eigenvalue weighted by Gasteiger charge is 2.25. The van der Waals surface area contributed by atoms with Gasteiger partial charge in [-0.1, -0.05) is 140 Å². The van der Waals surface area contributed by atoms with E-state index in [9.17, 15) is 19.5 Å². The minimum absolute atomic E-state index is 0.0271. The fourth-order valence-electron chi connectivity index (χ4n) is 6.29. The topological polar surface area (TPSA) is 102 Å². The van der Waals surface area contributed by atoms with E-state index in [4.69, 9.17) is 14.2 Å². The van der Waals surface area contributed by atoms with Crippen molar-refractivity contribution in [2.24, 2.45) is 0 Å². The molecule has 8 nitrogen and oxygen atoms in total. The Morgan fingerprint density at radius 2 is 0.981 bits per heavy atom. The molecule has 8 heteroatoms. The van der Waals surface area contributed by atoms with Crippen LogP contribution in [-0.2, 0) is 28.6 Å². The summed E-state index contributed by atoms with van der Waals surface area (Å²) in [6.45, 7) is 4.61. The number of esters is 2. The fourth-order valence-corrected chi connectivity index (χ4v) is 6.29. The number of unbranched alkanes of at least 4 members (excludes halogenated alkanes) is 20. The van der Waals surface area contributed by atoms with Gasteiger partial charge in [0.15, 0.2) is 6.10 Å². The summed E-state index contributed by atoms with van der Waals surface area (Å²) in [5.41, 5.74) is 0. The van der Waals surface area contributed by atoms with E-state index in [1.807, 2.05) is 0 Å². The number of aliphatic carboxylic acids is 1. The standard InChI is InChI=1S/C46H83NO7/c1-6-8-10-12-14-16-18-20-22-23-25-26-28-30-32-34-36-44(48)53-41-42(40-52-39-38-43(46(50)51)47(3,4)5)54-45(49)37-35-33-31-29-27-24-21-19-17-15-13-11-9-7-2/h22-27,42-43H,6-21,28-41H2,1-5H3/b23-22+,26-25+,27-24+. The van der Waals surface area contributed by atoms with Gasteiger partial charge in [0.2, 0.25) is 0 Å². The van der Waals surface area contributed by atoms with Crippen LogP contribution in [0.15, 0.2) is 36.5 Å². The molecule has 0 saturated carbocycles. The van der Waals surface area contributed by atoms with Crippen LogP contribution in [0.5, 0.6) is 0 Å². The van der Waals surface area contributed by atoms with E-state index in [0.29, 0.717) is 12.8 Å².